The van der Waals surface area contributed by atoms with Crippen molar-refractivity contribution in [1.82, 2.24) is 0 Å². The first kappa shape index (κ1) is 14.6. The lowest BCUT2D eigenvalue weighted by Crippen LogP contribution is -2.23. The number of Topliss-reactive ketones (excluding diaryl/α,β-unsaturated/α-hetero) is 1. The van der Waals surface area contributed by atoms with Crippen molar-refractivity contribution in [1.29, 1.82) is 0 Å². The molecule has 114 valence electrons. The molecule has 0 radical (unpaired) electrons. The number of nitrogens with zero attached hydrogens (tertiary/aromatic N) is 1. The minimum atomic E-state index is 0.0631. The van der Waals surface area contributed by atoms with Gasteiger partial charge in [0.2, 0.25) is 0 Å². The summed E-state index contributed by atoms with van der Waals surface area (Å²) >= 11 is 0. The van der Waals surface area contributed by atoms with Gasteiger partial charge in [0.05, 0.1) is 6.04 Å². The maximum Gasteiger partial charge on any atom is 0.167 e. The molecular weight excluding hydrogens is 272 g/mol. The van der Waals surface area contributed by atoms with Gasteiger partial charge in [-0.15, -0.1) is 0 Å². The third-order valence-electron chi connectivity index (χ3n) is 4.37. The van der Waals surface area contributed by atoms with E-state index in [1.54, 1.807) is 0 Å². The zero-order valence-electron chi connectivity index (χ0n) is 13.2. The van der Waals surface area contributed by atoms with Crippen molar-refractivity contribution in [2.24, 2.45) is 0 Å². The van der Waals surface area contributed by atoms with E-state index >= 15 is 0 Å². The molecule has 1 atom stereocenters. The molecule has 3 nitrogen and oxygen atoms in total. The first-order valence-corrected chi connectivity index (χ1v) is 7.96. The zero-order chi connectivity index (χ0) is 15.5. The van der Waals surface area contributed by atoms with Gasteiger partial charge >= 0.3 is 0 Å². The lowest BCUT2D eigenvalue weighted by atomic mass is 9.92. The molecule has 1 aliphatic rings. The second kappa shape index (κ2) is 6.22. The highest BCUT2D eigenvalue weighted by atomic mass is 16.1. The predicted octanol–water partition coefficient (Wildman–Crippen LogP) is 4.27. The van der Waals surface area contributed by atoms with Crippen LogP contribution in [0.4, 0.5) is 11.4 Å². The SMILES string of the molecule is CCN(CC)c1ccc(C2CC(=O)c3ccccc3N2)cc1. The van der Waals surface area contributed by atoms with Crippen molar-refractivity contribution in [3.63, 3.8) is 0 Å². The van der Waals surface area contributed by atoms with Gasteiger partial charge in [-0.25, -0.2) is 0 Å². The Morgan fingerprint density at radius 3 is 2.41 bits per heavy atom. The van der Waals surface area contributed by atoms with Crippen LogP contribution in [0.1, 0.15) is 42.2 Å². The van der Waals surface area contributed by atoms with Crippen molar-refractivity contribution in [3.8, 4) is 0 Å². The van der Waals surface area contributed by atoms with Gasteiger partial charge in [-0.2, -0.15) is 0 Å². The molecule has 1 unspecified atom stereocenters. The number of fused-ring (bicyclic) bond motifs is 1. The molecule has 0 fully saturated rings. The third-order valence-corrected chi connectivity index (χ3v) is 4.37. The first-order chi connectivity index (χ1) is 10.7. The van der Waals surface area contributed by atoms with Gasteiger partial charge in [-0.05, 0) is 43.7 Å². The molecule has 2 aromatic carbocycles. The molecule has 1 N–H and O–H groups in total. The van der Waals surface area contributed by atoms with Crippen molar-refractivity contribution >= 4 is 17.2 Å². The molecule has 3 heteroatoms. The van der Waals surface area contributed by atoms with E-state index < -0.39 is 0 Å². The van der Waals surface area contributed by atoms with Crippen LogP contribution in [0.25, 0.3) is 0 Å². The van der Waals surface area contributed by atoms with E-state index in [1.165, 1.54) is 11.3 Å². The number of carbonyl (C=O) groups excluding carboxylic acids is 1. The molecule has 1 aliphatic heterocycles. The summed E-state index contributed by atoms with van der Waals surface area (Å²) in [5.74, 6) is 0.215. The molecule has 3 rings (SSSR count). The molecule has 0 spiro atoms. The molecule has 2 aromatic rings. The molecule has 0 bridgehead atoms. The van der Waals surface area contributed by atoms with Crippen LogP contribution in [-0.4, -0.2) is 18.9 Å². The minimum absolute atomic E-state index is 0.0631. The second-order valence-electron chi connectivity index (χ2n) is 5.63. The van der Waals surface area contributed by atoms with Gasteiger partial charge in [0.1, 0.15) is 0 Å². The van der Waals surface area contributed by atoms with Gasteiger partial charge < -0.3 is 10.2 Å². The Kier molecular flexibility index (Phi) is 4.14. The highest BCUT2D eigenvalue weighted by molar-refractivity contribution is 6.03. The van der Waals surface area contributed by atoms with Gasteiger partial charge in [0, 0.05) is 36.4 Å². The zero-order valence-corrected chi connectivity index (χ0v) is 13.2. The van der Waals surface area contributed by atoms with Crippen LogP contribution in [0.5, 0.6) is 0 Å². The van der Waals surface area contributed by atoms with E-state index in [0.29, 0.717) is 6.42 Å². The van der Waals surface area contributed by atoms with Gasteiger partial charge in [-0.3, -0.25) is 4.79 Å². The van der Waals surface area contributed by atoms with Crippen LogP contribution < -0.4 is 10.2 Å². The number of benzene rings is 2. The Labute approximate surface area is 132 Å². The summed E-state index contributed by atoms with van der Waals surface area (Å²) in [5, 5.41) is 3.49. The average molecular weight is 294 g/mol. The Morgan fingerprint density at radius 2 is 1.73 bits per heavy atom. The van der Waals surface area contributed by atoms with E-state index in [9.17, 15) is 4.79 Å². The van der Waals surface area contributed by atoms with E-state index in [0.717, 1.165) is 24.3 Å². The number of para-hydroxylation sites is 1. The maximum absolute atomic E-state index is 12.3. The van der Waals surface area contributed by atoms with Crippen molar-refractivity contribution in [2.75, 3.05) is 23.3 Å². The minimum Gasteiger partial charge on any atom is -0.377 e. The first-order valence-electron chi connectivity index (χ1n) is 7.96. The van der Waals surface area contributed by atoms with Crippen LogP contribution in [0.15, 0.2) is 48.5 Å². The molecule has 0 aromatic heterocycles. The topological polar surface area (TPSA) is 32.3 Å². The van der Waals surface area contributed by atoms with Crippen LogP contribution in [0.2, 0.25) is 0 Å². The Morgan fingerprint density at radius 1 is 1.05 bits per heavy atom. The van der Waals surface area contributed by atoms with Crippen LogP contribution in [-0.2, 0) is 0 Å². The second-order valence-corrected chi connectivity index (χ2v) is 5.63. The van der Waals surface area contributed by atoms with Gasteiger partial charge in [-0.1, -0.05) is 24.3 Å². The highest BCUT2D eigenvalue weighted by Gasteiger charge is 2.25. The van der Waals surface area contributed by atoms with E-state index in [1.807, 2.05) is 24.3 Å². The van der Waals surface area contributed by atoms with Gasteiger partial charge in [0.25, 0.3) is 0 Å². The number of hydrogen-bond acceptors (Lipinski definition) is 3. The lowest BCUT2D eigenvalue weighted by molar-refractivity contribution is 0.0972. The summed E-state index contributed by atoms with van der Waals surface area (Å²) in [4.78, 5) is 14.6. The van der Waals surface area contributed by atoms with Crippen LogP contribution in [0, 0.1) is 0 Å². The fraction of sp³-hybridized carbons (Fsp3) is 0.316. The van der Waals surface area contributed by atoms with E-state index in [-0.39, 0.29) is 11.8 Å². The monoisotopic (exact) mass is 294 g/mol. The molecule has 0 saturated heterocycles. The molecule has 0 aliphatic carbocycles. The number of anilines is 2. The fourth-order valence-corrected chi connectivity index (χ4v) is 3.09. The predicted molar refractivity (Wildman–Crippen MR) is 91.8 cm³/mol. The molecule has 0 saturated carbocycles. The summed E-state index contributed by atoms with van der Waals surface area (Å²) in [7, 11) is 0. The van der Waals surface area contributed by atoms with Crippen molar-refractivity contribution in [3.05, 3.63) is 59.7 Å². The summed E-state index contributed by atoms with van der Waals surface area (Å²) < 4.78 is 0. The quantitative estimate of drug-likeness (QED) is 0.914. The number of carbonyl (C=O) groups is 1. The summed E-state index contributed by atoms with van der Waals surface area (Å²) in [6, 6.07) is 16.4. The maximum atomic E-state index is 12.3. The Bertz CT molecular complexity index is 659. The van der Waals surface area contributed by atoms with Crippen molar-refractivity contribution < 1.29 is 4.79 Å². The van der Waals surface area contributed by atoms with Crippen LogP contribution >= 0.6 is 0 Å². The average Bonchev–Trinajstić information content (AvgIpc) is 2.56. The molecule has 22 heavy (non-hydrogen) atoms. The number of nitrogens with one attached hydrogen (secondary N) is 1. The standard InChI is InChI=1S/C19H22N2O/c1-3-21(4-2)15-11-9-14(10-12-15)18-13-19(22)16-7-5-6-8-17(16)20-18/h5-12,18,20H,3-4,13H2,1-2H3. The summed E-state index contributed by atoms with van der Waals surface area (Å²) in [6.45, 7) is 6.33. The number of rotatable bonds is 4. The van der Waals surface area contributed by atoms with Gasteiger partial charge in [0.15, 0.2) is 5.78 Å². The largest absolute Gasteiger partial charge is 0.377 e. The Hall–Kier alpha value is -2.29. The van der Waals surface area contributed by atoms with Crippen molar-refractivity contribution in [2.45, 2.75) is 26.3 Å². The van der Waals surface area contributed by atoms with Crippen LogP contribution in [0.3, 0.4) is 0 Å². The summed E-state index contributed by atoms with van der Waals surface area (Å²) in [5.41, 5.74) is 4.14. The third kappa shape index (κ3) is 2.71. The molecule has 1 heterocycles. The normalized spacial score (nSPS) is 16.8. The number of hydrogen-bond donors (Lipinski definition) is 1. The van der Waals surface area contributed by atoms with E-state index in [2.05, 4.69) is 48.3 Å². The smallest absolute Gasteiger partial charge is 0.167 e. The molecular formula is C19H22N2O. The summed E-state index contributed by atoms with van der Waals surface area (Å²) in [6.07, 6.45) is 0.516. The molecule has 0 amide bonds. The lowest BCUT2D eigenvalue weighted by Gasteiger charge is -2.27. The van der Waals surface area contributed by atoms with E-state index in [4.69, 9.17) is 0 Å². The Balaban J connectivity index is 1.82. The number of ketones is 1. The highest BCUT2D eigenvalue weighted by Crippen LogP contribution is 2.33. The fourth-order valence-electron chi connectivity index (χ4n) is 3.09.